The van der Waals surface area contributed by atoms with E-state index in [4.69, 9.17) is 14.7 Å². The molecule has 0 atom stereocenters. The third-order valence-electron chi connectivity index (χ3n) is 3.06. The van der Waals surface area contributed by atoms with Gasteiger partial charge in [-0.25, -0.2) is 0 Å². The van der Waals surface area contributed by atoms with Gasteiger partial charge in [0.2, 0.25) is 0 Å². The Kier molecular flexibility index (Phi) is 5.24. The van der Waals surface area contributed by atoms with Gasteiger partial charge >= 0.3 is 0 Å². The molecule has 0 saturated heterocycles. The van der Waals surface area contributed by atoms with Crippen molar-refractivity contribution in [3.8, 4) is 17.6 Å². The van der Waals surface area contributed by atoms with E-state index >= 15 is 0 Å². The molecule has 0 fully saturated rings. The summed E-state index contributed by atoms with van der Waals surface area (Å²) in [5.74, 6) is 1.48. The second-order valence-electron chi connectivity index (χ2n) is 4.67. The molecular formula is C17H16BrNO2. The highest BCUT2D eigenvalue weighted by Gasteiger charge is 2.05. The van der Waals surface area contributed by atoms with Crippen LogP contribution in [0.5, 0.6) is 11.5 Å². The number of nitrogens with zero attached hydrogens (tertiary/aromatic N) is 1. The zero-order chi connectivity index (χ0) is 15.2. The van der Waals surface area contributed by atoms with Gasteiger partial charge in [-0.15, -0.1) is 0 Å². The average Bonchev–Trinajstić information content (AvgIpc) is 2.47. The van der Waals surface area contributed by atoms with Crippen molar-refractivity contribution in [2.45, 2.75) is 13.8 Å². The summed E-state index contributed by atoms with van der Waals surface area (Å²) in [7, 11) is 0. The molecule has 0 bridgehead atoms. The van der Waals surface area contributed by atoms with E-state index in [2.05, 4.69) is 22.0 Å². The van der Waals surface area contributed by atoms with E-state index in [-0.39, 0.29) is 0 Å². The minimum atomic E-state index is 0.393. The summed E-state index contributed by atoms with van der Waals surface area (Å²) < 4.78 is 12.2. The predicted molar refractivity (Wildman–Crippen MR) is 85.8 cm³/mol. The molecule has 0 aromatic heterocycles. The Morgan fingerprint density at radius 3 is 2.38 bits per heavy atom. The highest BCUT2D eigenvalue weighted by Crippen LogP contribution is 2.24. The summed E-state index contributed by atoms with van der Waals surface area (Å²) in [6, 6.07) is 13.5. The Morgan fingerprint density at radius 2 is 1.71 bits per heavy atom. The van der Waals surface area contributed by atoms with Crippen molar-refractivity contribution in [1.82, 2.24) is 0 Å². The van der Waals surface area contributed by atoms with Gasteiger partial charge in [-0.3, -0.25) is 0 Å². The first kappa shape index (κ1) is 15.4. The van der Waals surface area contributed by atoms with Crippen molar-refractivity contribution in [3.05, 3.63) is 57.6 Å². The fourth-order valence-electron chi connectivity index (χ4n) is 2.04. The van der Waals surface area contributed by atoms with Gasteiger partial charge in [0.05, 0.1) is 5.56 Å². The third-order valence-corrected chi connectivity index (χ3v) is 3.55. The monoisotopic (exact) mass is 345 g/mol. The first-order valence-electron chi connectivity index (χ1n) is 6.63. The van der Waals surface area contributed by atoms with E-state index in [1.807, 2.05) is 38.1 Å². The van der Waals surface area contributed by atoms with Crippen LogP contribution in [0.4, 0.5) is 0 Å². The molecule has 0 aliphatic carbocycles. The maximum atomic E-state index is 9.07. The average molecular weight is 346 g/mol. The molecule has 0 saturated carbocycles. The lowest BCUT2D eigenvalue weighted by Crippen LogP contribution is -2.10. The molecule has 4 heteroatoms. The number of aryl methyl sites for hydroxylation is 2. The summed E-state index contributed by atoms with van der Waals surface area (Å²) in [5, 5.41) is 9.07. The Hall–Kier alpha value is -1.99. The second-order valence-corrected chi connectivity index (χ2v) is 5.59. The zero-order valence-corrected chi connectivity index (χ0v) is 13.6. The van der Waals surface area contributed by atoms with Crippen molar-refractivity contribution < 1.29 is 9.47 Å². The number of halogens is 1. The molecule has 0 aliphatic rings. The van der Waals surface area contributed by atoms with Gasteiger partial charge in [-0.05, 0) is 43.2 Å². The van der Waals surface area contributed by atoms with Crippen molar-refractivity contribution in [3.63, 3.8) is 0 Å². The molecule has 0 amide bonds. The van der Waals surface area contributed by atoms with Crippen molar-refractivity contribution >= 4 is 15.9 Å². The summed E-state index contributed by atoms with van der Waals surface area (Å²) >= 11 is 3.33. The molecule has 0 radical (unpaired) electrons. The van der Waals surface area contributed by atoms with Crippen LogP contribution in [0, 0.1) is 25.2 Å². The largest absolute Gasteiger partial charge is 0.489 e. The molecule has 0 unspecified atom stereocenters. The van der Waals surface area contributed by atoms with Gasteiger partial charge in [0.25, 0.3) is 0 Å². The lowest BCUT2D eigenvalue weighted by atomic mass is 10.1. The van der Waals surface area contributed by atoms with Crippen LogP contribution in [0.2, 0.25) is 0 Å². The quantitative estimate of drug-likeness (QED) is 0.754. The molecule has 2 aromatic carbocycles. The van der Waals surface area contributed by atoms with Crippen LogP contribution in [0.1, 0.15) is 16.7 Å². The summed E-state index contributed by atoms with van der Waals surface area (Å²) in [6.07, 6.45) is 0. The molecule has 108 valence electrons. The molecule has 0 N–H and O–H groups in total. The standard InChI is InChI=1S/C17H16BrNO2/c1-12-4-3-5-13(2)17(12)21-9-8-20-16-7-6-15(18)10-14(16)11-19/h3-7,10H,8-9H2,1-2H3. The minimum Gasteiger partial charge on any atom is -0.489 e. The SMILES string of the molecule is Cc1cccc(C)c1OCCOc1ccc(Br)cc1C#N. The van der Waals surface area contributed by atoms with Crippen LogP contribution in [0.3, 0.4) is 0 Å². The van der Waals surface area contributed by atoms with E-state index in [0.29, 0.717) is 24.5 Å². The minimum absolute atomic E-state index is 0.393. The predicted octanol–water partition coefficient (Wildman–Crippen LogP) is 4.40. The number of para-hydroxylation sites is 1. The Morgan fingerprint density at radius 1 is 1.05 bits per heavy atom. The van der Waals surface area contributed by atoms with Gasteiger partial charge in [0.15, 0.2) is 0 Å². The Balaban J connectivity index is 1.92. The lowest BCUT2D eigenvalue weighted by molar-refractivity contribution is 0.215. The maximum absolute atomic E-state index is 9.07. The summed E-state index contributed by atoms with van der Waals surface area (Å²) in [6.45, 7) is 4.87. The molecule has 21 heavy (non-hydrogen) atoms. The van der Waals surface area contributed by atoms with E-state index in [0.717, 1.165) is 21.3 Å². The highest BCUT2D eigenvalue weighted by molar-refractivity contribution is 9.10. The van der Waals surface area contributed by atoms with Crippen molar-refractivity contribution in [1.29, 1.82) is 5.26 Å². The van der Waals surface area contributed by atoms with Crippen LogP contribution in [-0.4, -0.2) is 13.2 Å². The Labute approximate surface area is 133 Å². The van der Waals surface area contributed by atoms with E-state index in [1.54, 1.807) is 12.1 Å². The number of hydrogen-bond donors (Lipinski definition) is 0. The first-order valence-corrected chi connectivity index (χ1v) is 7.42. The van der Waals surface area contributed by atoms with Crippen LogP contribution in [0.25, 0.3) is 0 Å². The van der Waals surface area contributed by atoms with Crippen LogP contribution in [0.15, 0.2) is 40.9 Å². The third kappa shape index (κ3) is 3.99. The molecule has 2 rings (SSSR count). The molecule has 0 aliphatic heterocycles. The highest BCUT2D eigenvalue weighted by atomic mass is 79.9. The van der Waals surface area contributed by atoms with E-state index in [9.17, 15) is 0 Å². The van der Waals surface area contributed by atoms with Crippen LogP contribution < -0.4 is 9.47 Å². The fourth-order valence-corrected chi connectivity index (χ4v) is 2.40. The van der Waals surface area contributed by atoms with E-state index in [1.165, 1.54) is 0 Å². The van der Waals surface area contributed by atoms with Crippen LogP contribution >= 0.6 is 15.9 Å². The molecule has 0 heterocycles. The number of ether oxygens (including phenoxy) is 2. The smallest absolute Gasteiger partial charge is 0.137 e. The molecule has 3 nitrogen and oxygen atoms in total. The number of hydrogen-bond acceptors (Lipinski definition) is 3. The fraction of sp³-hybridized carbons (Fsp3) is 0.235. The van der Waals surface area contributed by atoms with Gasteiger partial charge < -0.3 is 9.47 Å². The van der Waals surface area contributed by atoms with Gasteiger partial charge in [-0.1, -0.05) is 34.1 Å². The second kappa shape index (κ2) is 7.14. The van der Waals surface area contributed by atoms with Crippen LogP contribution in [-0.2, 0) is 0 Å². The zero-order valence-electron chi connectivity index (χ0n) is 12.0. The number of rotatable bonds is 5. The number of nitriles is 1. The molecule has 2 aromatic rings. The summed E-state index contributed by atoms with van der Waals surface area (Å²) in [4.78, 5) is 0. The molecule has 0 spiro atoms. The van der Waals surface area contributed by atoms with Gasteiger partial charge in [0, 0.05) is 4.47 Å². The lowest BCUT2D eigenvalue weighted by Gasteiger charge is -2.13. The normalized spacial score (nSPS) is 10.0. The van der Waals surface area contributed by atoms with Gasteiger partial charge in [-0.2, -0.15) is 5.26 Å². The Bertz CT molecular complexity index is 657. The first-order chi connectivity index (χ1) is 10.1. The van der Waals surface area contributed by atoms with E-state index < -0.39 is 0 Å². The van der Waals surface area contributed by atoms with Crippen molar-refractivity contribution in [2.24, 2.45) is 0 Å². The van der Waals surface area contributed by atoms with Gasteiger partial charge in [0.1, 0.15) is 30.8 Å². The van der Waals surface area contributed by atoms with Crippen molar-refractivity contribution in [2.75, 3.05) is 13.2 Å². The topological polar surface area (TPSA) is 42.2 Å². The number of benzene rings is 2. The molecular weight excluding hydrogens is 330 g/mol. The summed E-state index contributed by atoms with van der Waals surface area (Å²) in [5.41, 5.74) is 2.73. The maximum Gasteiger partial charge on any atom is 0.137 e.